The Kier molecular flexibility index (Phi) is 5.43. The van der Waals surface area contributed by atoms with Crippen molar-refractivity contribution in [1.29, 1.82) is 0 Å². The predicted octanol–water partition coefficient (Wildman–Crippen LogP) is 4.61. The molecule has 18 heavy (non-hydrogen) atoms. The highest BCUT2D eigenvalue weighted by atomic mass is 15.5. The van der Waals surface area contributed by atoms with Crippen LogP contribution in [-0.2, 0) is 0 Å². The fraction of sp³-hybridized carbons (Fsp3) is 0.615. The lowest BCUT2D eigenvalue weighted by molar-refractivity contribution is 0.418. The van der Waals surface area contributed by atoms with Gasteiger partial charge in [-0.3, -0.25) is 0 Å². The molecule has 1 heterocycles. The molecule has 1 saturated carbocycles. The van der Waals surface area contributed by atoms with Crippen LogP contribution in [0.4, 0.5) is 0 Å². The van der Waals surface area contributed by atoms with Crippen LogP contribution in [0.3, 0.4) is 0 Å². The van der Waals surface area contributed by atoms with Gasteiger partial charge in [-0.05, 0) is 72.6 Å². The summed E-state index contributed by atoms with van der Waals surface area (Å²) in [5.74, 6) is 0.767. The number of hydrogen-bond donors (Lipinski definition) is 0. The Morgan fingerprint density at radius 1 is 1.00 bits per heavy atom. The van der Waals surface area contributed by atoms with Gasteiger partial charge in [0.2, 0.25) is 0 Å². The minimum Gasteiger partial charge on any atom is -0.138 e. The maximum absolute atomic E-state index is 4.14. The summed E-state index contributed by atoms with van der Waals surface area (Å²) >= 11 is 0. The highest BCUT2D eigenvalue weighted by molar-refractivity contribution is 5.85. The van der Waals surface area contributed by atoms with Crippen LogP contribution in [0.1, 0.15) is 44.9 Å². The second-order valence-corrected chi connectivity index (χ2v) is 4.71. The highest BCUT2D eigenvalue weighted by Gasteiger charge is 2.17. The van der Waals surface area contributed by atoms with Crippen LogP contribution in [0.2, 0.25) is 0 Å². The van der Waals surface area contributed by atoms with E-state index >= 15 is 0 Å². The lowest BCUT2D eigenvalue weighted by atomic mass is 9.84. The molecule has 0 aromatic heterocycles. The molecular weight excluding hydrogens is 226 g/mol. The Labute approximate surface area is 107 Å². The number of hydrogen-bond acceptors (Lipinski definition) is 5. The first kappa shape index (κ1) is 12.8. The van der Waals surface area contributed by atoms with E-state index in [0.29, 0.717) is 0 Å². The van der Waals surface area contributed by atoms with Crippen LogP contribution in [0.15, 0.2) is 50.3 Å². The van der Waals surface area contributed by atoms with E-state index in [4.69, 9.17) is 0 Å². The quantitative estimate of drug-likeness (QED) is 0.598. The van der Waals surface area contributed by atoms with Gasteiger partial charge in [-0.25, -0.2) is 0 Å². The molecule has 96 valence electrons. The molecule has 1 fully saturated rings. The molecule has 2 aliphatic rings. The average Bonchev–Trinajstić information content (AvgIpc) is 2.40. The Bertz CT molecular complexity index is 392. The topological polar surface area (TPSA) is 61.8 Å². The first-order chi connectivity index (χ1) is 8.95. The van der Waals surface area contributed by atoms with Gasteiger partial charge >= 0.3 is 0 Å². The van der Waals surface area contributed by atoms with Crippen molar-refractivity contribution in [1.82, 2.24) is 0 Å². The van der Waals surface area contributed by atoms with E-state index in [1.54, 1.807) is 6.20 Å². The zero-order chi connectivity index (χ0) is 12.5. The van der Waals surface area contributed by atoms with Crippen molar-refractivity contribution in [3.63, 3.8) is 0 Å². The minimum atomic E-state index is 0.767. The summed E-state index contributed by atoms with van der Waals surface area (Å²) in [4.78, 5) is 0. The fourth-order valence-electron chi connectivity index (χ4n) is 2.41. The van der Waals surface area contributed by atoms with Crippen LogP contribution in [0, 0.1) is 5.92 Å². The monoisotopic (exact) mass is 245 g/mol. The Morgan fingerprint density at radius 3 is 2.94 bits per heavy atom. The van der Waals surface area contributed by atoms with Gasteiger partial charge in [0.1, 0.15) is 0 Å². The van der Waals surface area contributed by atoms with E-state index in [2.05, 4.69) is 32.0 Å². The van der Waals surface area contributed by atoms with Crippen molar-refractivity contribution in [2.45, 2.75) is 44.9 Å². The molecule has 5 nitrogen and oxygen atoms in total. The average molecular weight is 245 g/mol. The first-order valence-corrected chi connectivity index (χ1v) is 6.62. The molecule has 0 spiro atoms. The van der Waals surface area contributed by atoms with E-state index < -0.39 is 0 Å². The molecule has 0 N–H and O–H groups in total. The van der Waals surface area contributed by atoms with Crippen molar-refractivity contribution in [2.75, 3.05) is 0 Å². The molecule has 1 aliphatic heterocycles. The number of nitrogens with zero attached hydrogens (tertiary/aromatic N) is 5. The van der Waals surface area contributed by atoms with E-state index in [-0.39, 0.29) is 0 Å². The van der Waals surface area contributed by atoms with Crippen molar-refractivity contribution in [2.24, 2.45) is 31.8 Å². The molecule has 2 rings (SSSR count). The maximum Gasteiger partial charge on any atom is 0.0514 e. The number of allylic oxidation sites excluding steroid dienone is 3. The number of rotatable bonds is 0. The van der Waals surface area contributed by atoms with Gasteiger partial charge in [0.05, 0.1) is 6.20 Å². The van der Waals surface area contributed by atoms with Gasteiger partial charge in [0.15, 0.2) is 0 Å². The summed E-state index contributed by atoms with van der Waals surface area (Å²) in [5, 5.41) is 18.7. The summed E-state index contributed by atoms with van der Waals surface area (Å²) in [7, 11) is 0. The van der Waals surface area contributed by atoms with Gasteiger partial charge in [0, 0.05) is 5.71 Å². The van der Waals surface area contributed by atoms with Crippen LogP contribution in [0.25, 0.3) is 0 Å². The van der Waals surface area contributed by atoms with E-state index in [1.165, 1.54) is 25.7 Å². The Balaban J connectivity index is 2.01. The molecule has 0 aromatic rings. The SMILES string of the molecule is C1=CCCCC2CCCC(=NN=NN=NC=C1)C2. The molecule has 0 radical (unpaired) electrons. The summed E-state index contributed by atoms with van der Waals surface area (Å²) in [5.41, 5.74) is 1.16. The highest BCUT2D eigenvalue weighted by Crippen LogP contribution is 2.26. The maximum atomic E-state index is 4.14. The summed E-state index contributed by atoms with van der Waals surface area (Å²) in [6.45, 7) is 0. The lowest BCUT2D eigenvalue weighted by Crippen LogP contribution is -2.14. The standard InChI is InChI=1S/C13H19N5/c1-2-4-7-12-8-6-9-13(11-12)15-17-18-16-14-10-5-3-1/h1,3,5,10,12H,2,4,6-9,11H2. The molecule has 2 bridgehead atoms. The third-order valence-corrected chi connectivity index (χ3v) is 3.30. The van der Waals surface area contributed by atoms with Crippen LogP contribution >= 0.6 is 0 Å². The zero-order valence-corrected chi connectivity index (χ0v) is 10.6. The van der Waals surface area contributed by atoms with Crippen molar-refractivity contribution < 1.29 is 0 Å². The minimum absolute atomic E-state index is 0.767. The van der Waals surface area contributed by atoms with E-state index in [1.807, 2.05) is 12.2 Å². The van der Waals surface area contributed by atoms with E-state index in [0.717, 1.165) is 30.9 Å². The predicted molar refractivity (Wildman–Crippen MR) is 71.2 cm³/mol. The third-order valence-electron chi connectivity index (χ3n) is 3.30. The van der Waals surface area contributed by atoms with Crippen LogP contribution < -0.4 is 0 Å². The van der Waals surface area contributed by atoms with E-state index in [9.17, 15) is 0 Å². The molecule has 1 atom stereocenters. The van der Waals surface area contributed by atoms with Gasteiger partial charge in [-0.2, -0.15) is 0 Å². The first-order valence-electron chi connectivity index (χ1n) is 6.62. The normalized spacial score (nSPS) is 25.3. The summed E-state index contributed by atoms with van der Waals surface area (Å²) in [6.07, 6.45) is 15.9. The largest absolute Gasteiger partial charge is 0.138 e. The molecule has 1 aliphatic carbocycles. The molecule has 0 amide bonds. The van der Waals surface area contributed by atoms with Crippen LogP contribution in [-0.4, -0.2) is 5.71 Å². The fourth-order valence-corrected chi connectivity index (χ4v) is 2.41. The van der Waals surface area contributed by atoms with Gasteiger partial charge < -0.3 is 0 Å². The van der Waals surface area contributed by atoms with Gasteiger partial charge in [-0.1, -0.05) is 12.2 Å². The lowest BCUT2D eigenvalue weighted by Gasteiger charge is -2.22. The Morgan fingerprint density at radius 2 is 1.94 bits per heavy atom. The van der Waals surface area contributed by atoms with Crippen molar-refractivity contribution in [3.8, 4) is 0 Å². The van der Waals surface area contributed by atoms with Crippen molar-refractivity contribution >= 4 is 5.71 Å². The summed E-state index contributed by atoms with van der Waals surface area (Å²) in [6, 6.07) is 0. The molecule has 0 saturated heterocycles. The molecule has 1 unspecified atom stereocenters. The smallest absolute Gasteiger partial charge is 0.0514 e. The third kappa shape index (κ3) is 4.69. The molecule has 0 aromatic carbocycles. The number of fused-ring (bicyclic) bond motifs is 2. The molecule has 5 heteroatoms. The Hall–Kier alpha value is -1.65. The van der Waals surface area contributed by atoms with Gasteiger partial charge in [-0.15, -0.1) is 10.2 Å². The van der Waals surface area contributed by atoms with Crippen LogP contribution in [0.5, 0.6) is 0 Å². The summed E-state index contributed by atoms with van der Waals surface area (Å²) < 4.78 is 0. The zero-order valence-electron chi connectivity index (χ0n) is 10.6. The second-order valence-electron chi connectivity index (χ2n) is 4.71. The second kappa shape index (κ2) is 7.63. The van der Waals surface area contributed by atoms with Gasteiger partial charge in [0.25, 0.3) is 0 Å². The van der Waals surface area contributed by atoms with Crippen molar-refractivity contribution in [3.05, 3.63) is 24.4 Å². The molecular formula is C13H19N5.